The van der Waals surface area contributed by atoms with Gasteiger partial charge in [0.25, 0.3) is 0 Å². The summed E-state index contributed by atoms with van der Waals surface area (Å²) in [6, 6.07) is 3.42. The van der Waals surface area contributed by atoms with Crippen LogP contribution in [0.1, 0.15) is 20.3 Å². The number of aliphatic carboxylic acids is 1. The topological polar surface area (TPSA) is 105 Å². The minimum atomic E-state index is -0.832. The van der Waals surface area contributed by atoms with E-state index in [1.165, 1.54) is 4.63 Å². The zero-order chi connectivity index (χ0) is 13.2. The van der Waals surface area contributed by atoms with Crippen molar-refractivity contribution in [2.75, 3.05) is 11.9 Å². The molecule has 2 aromatic rings. The first-order chi connectivity index (χ1) is 8.55. The fourth-order valence-corrected chi connectivity index (χ4v) is 1.38. The molecule has 2 heterocycles. The second-order valence-corrected chi connectivity index (χ2v) is 4.32. The Balaban J connectivity index is 2.11. The van der Waals surface area contributed by atoms with E-state index in [9.17, 15) is 4.79 Å². The average Bonchev–Trinajstić information content (AvgIpc) is 2.82. The van der Waals surface area contributed by atoms with Gasteiger partial charge in [-0.05, 0) is 35.9 Å². The quantitative estimate of drug-likeness (QED) is 0.792. The Bertz CT molecular complexity index is 568. The van der Waals surface area contributed by atoms with Crippen LogP contribution in [-0.4, -0.2) is 42.9 Å². The van der Waals surface area contributed by atoms with Crippen LogP contribution in [-0.2, 0) is 4.79 Å². The van der Waals surface area contributed by atoms with Gasteiger partial charge < -0.3 is 10.4 Å². The number of hydrogen-bond acceptors (Lipinski definition) is 6. The Morgan fingerprint density at radius 1 is 1.56 bits per heavy atom. The smallest absolute Gasteiger partial charge is 0.311 e. The molecular formula is C10H14N6O2. The van der Waals surface area contributed by atoms with E-state index in [0.29, 0.717) is 24.4 Å². The average molecular weight is 250 g/mol. The molecule has 0 amide bonds. The molecule has 2 aromatic heterocycles. The van der Waals surface area contributed by atoms with E-state index in [1.807, 2.05) is 6.92 Å². The third-order valence-corrected chi connectivity index (χ3v) is 3.03. The van der Waals surface area contributed by atoms with Gasteiger partial charge in [0, 0.05) is 6.54 Å². The number of carboxylic acid groups (broad SMARTS) is 1. The monoisotopic (exact) mass is 250 g/mol. The van der Waals surface area contributed by atoms with Gasteiger partial charge in [0.15, 0.2) is 5.65 Å². The predicted molar refractivity (Wildman–Crippen MR) is 63.1 cm³/mol. The van der Waals surface area contributed by atoms with Crippen molar-refractivity contribution in [1.82, 2.24) is 25.3 Å². The minimum absolute atomic E-state index is 0.291. The normalized spacial score (nSPS) is 14.3. The van der Waals surface area contributed by atoms with Gasteiger partial charge in [-0.2, -0.15) is 0 Å². The molecule has 0 bridgehead atoms. The molecule has 0 spiro atoms. The van der Waals surface area contributed by atoms with Crippen molar-refractivity contribution in [2.45, 2.75) is 20.3 Å². The van der Waals surface area contributed by atoms with E-state index < -0.39 is 11.4 Å². The molecule has 0 aliphatic rings. The van der Waals surface area contributed by atoms with Crippen LogP contribution in [0.5, 0.6) is 0 Å². The van der Waals surface area contributed by atoms with Crippen LogP contribution in [0.2, 0.25) is 0 Å². The molecule has 0 radical (unpaired) electrons. The molecule has 8 nitrogen and oxygen atoms in total. The van der Waals surface area contributed by atoms with Gasteiger partial charge in [-0.1, -0.05) is 6.92 Å². The maximum atomic E-state index is 11.1. The number of hydrogen-bond donors (Lipinski definition) is 2. The fraction of sp³-hybridized carbons (Fsp3) is 0.500. The molecule has 0 aromatic carbocycles. The van der Waals surface area contributed by atoms with Crippen molar-refractivity contribution < 1.29 is 9.90 Å². The summed E-state index contributed by atoms with van der Waals surface area (Å²) in [4.78, 5) is 11.1. The van der Waals surface area contributed by atoms with E-state index in [1.54, 1.807) is 19.1 Å². The number of fused-ring (bicyclic) bond motifs is 1. The summed E-state index contributed by atoms with van der Waals surface area (Å²) in [7, 11) is 0. The second kappa shape index (κ2) is 4.55. The number of aromatic nitrogens is 5. The molecule has 8 heteroatoms. The van der Waals surface area contributed by atoms with Crippen molar-refractivity contribution in [3.63, 3.8) is 0 Å². The van der Waals surface area contributed by atoms with Gasteiger partial charge in [0.1, 0.15) is 5.82 Å². The maximum Gasteiger partial charge on any atom is 0.311 e. The molecule has 1 atom stereocenters. The number of nitrogens with one attached hydrogen (secondary N) is 1. The zero-order valence-corrected chi connectivity index (χ0v) is 10.2. The SMILES string of the molecule is CCC(C)(CNc1ccc2nnnn2n1)C(=O)O. The van der Waals surface area contributed by atoms with Gasteiger partial charge in [-0.25, -0.2) is 0 Å². The third kappa shape index (κ3) is 2.22. The Kier molecular flexibility index (Phi) is 3.09. The van der Waals surface area contributed by atoms with Crippen LogP contribution in [0.3, 0.4) is 0 Å². The summed E-state index contributed by atoms with van der Waals surface area (Å²) in [6.45, 7) is 3.82. The Hall–Kier alpha value is -2.25. The van der Waals surface area contributed by atoms with Crippen LogP contribution in [0, 0.1) is 5.41 Å². The van der Waals surface area contributed by atoms with E-state index in [2.05, 4.69) is 25.9 Å². The summed E-state index contributed by atoms with van der Waals surface area (Å²) < 4.78 is 1.28. The highest BCUT2D eigenvalue weighted by atomic mass is 16.4. The highest BCUT2D eigenvalue weighted by Crippen LogP contribution is 2.21. The number of rotatable bonds is 5. The first kappa shape index (κ1) is 12.2. The van der Waals surface area contributed by atoms with E-state index in [0.717, 1.165) is 0 Å². The van der Waals surface area contributed by atoms with E-state index in [4.69, 9.17) is 5.11 Å². The highest BCUT2D eigenvalue weighted by molar-refractivity contribution is 5.74. The standard InChI is InChI=1S/C10H14N6O2/c1-3-10(2,9(17)18)6-11-7-4-5-8-12-14-15-16(8)13-7/h4-5H,3,6H2,1-2H3,(H,11,13)(H,17,18). The molecule has 0 aliphatic carbocycles. The van der Waals surface area contributed by atoms with Gasteiger partial charge in [0.2, 0.25) is 0 Å². The molecule has 96 valence electrons. The number of anilines is 1. The maximum absolute atomic E-state index is 11.1. The van der Waals surface area contributed by atoms with Crippen molar-refractivity contribution in [3.8, 4) is 0 Å². The first-order valence-electron chi connectivity index (χ1n) is 5.58. The molecule has 1 unspecified atom stereocenters. The van der Waals surface area contributed by atoms with Crippen LogP contribution in [0.4, 0.5) is 5.82 Å². The highest BCUT2D eigenvalue weighted by Gasteiger charge is 2.30. The number of carboxylic acids is 1. The predicted octanol–water partition coefficient (Wildman–Crippen LogP) is 0.432. The summed E-state index contributed by atoms with van der Waals surface area (Å²) >= 11 is 0. The van der Waals surface area contributed by atoms with Crippen LogP contribution in [0.25, 0.3) is 5.65 Å². The third-order valence-electron chi connectivity index (χ3n) is 3.03. The minimum Gasteiger partial charge on any atom is -0.481 e. The van der Waals surface area contributed by atoms with E-state index >= 15 is 0 Å². The lowest BCUT2D eigenvalue weighted by atomic mass is 9.88. The zero-order valence-electron chi connectivity index (χ0n) is 10.2. The van der Waals surface area contributed by atoms with Crippen molar-refractivity contribution in [2.24, 2.45) is 5.41 Å². The Morgan fingerprint density at radius 2 is 2.33 bits per heavy atom. The summed E-state index contributed by atoms with van der Waals surface area (Å²) in [6.07, 6.45) is 0.530. The van der Waals surface area contributed by atoms with Gasteiger partial charge in [-0.15, -0.1) is 14.8 Å². The Labute approximate surface area is 103 Å². The molecule has 18 heavy (non-hydrogen) atoms. The van der Waals surface area contributed by atoms with Gasteiger partial charge >= 0.3 is 5.97 Å². The van der Waals surface area contributed by atoms with Crippen LogP contribution in [0.15, 0.2) is 12.1 Å². The van der Waals surface area contributed by atoms with Gasteiger partial charge in [-0.3, -0.25) is 4.79 Å². The summed E-state index contributed by atoms with van der Waals surface area (Å²) in [5, 5.41) is 27.1. The second-order valence-electron chi connectivity index (χ2n) is 4.32. The molecule has 0 saturated heterocycles. The van der Waals surface area contributed by atoms with Crippen LogP contribution < -0.4 is 5.32 Å². The largest absolute Gasteiger partial charge is 0.481 e. The first-order valence-corrected chi connectivity index (χ1v) is 5.58. The Morgan fingerprint density at radius 3 is 3.00 bits per heavy atom. The number of carbonyl (C=O) groups is 1. The van der Waals surface area contributed by atoms with Crippen LogP contribution >= 0.6 is 0 Å². The summed E-state index contributed by atoms with van der Waals surface area (Å²) in [5.74, 6) is -0.295. The molecular weight excluding hydrogens is 236 g/mol. The number of nitrogens with zero attached hydrogens (tertiary/aromatic N) is 5. The molecule has 2 rings (SSSR count). The fourth-order valence-electron chi connectivity index (χ4n) is 1.38. The van der Waals surface area contributed by atoms with Gasteiger partial charge in [0.05, 0.1) is 5.41 Å². The van der Waals surface area contributed by atoms with E-state index in [-0.39, 0.29) is 0 Å². The van der Waals surface area contributed by atoms with Crippen molar-refractivity contribution >= 4 is 17.4 Å². The lowest BCUT2D eigenvalue weighted by molar-refractivity contribution is -0.147. The molecule has 0 fully saturated rings. The van der Waals surface area contributed by atoms with Crippen molar-refractivity contribution in [1.29, 1.82) is 0 Å². The lowest BCUT2D eigenvalue weighted by Gasteiger charge is -2.23. The molecule has 0 aliphatic heterocycles. The van der Waals surface area contributed by atoms with Crippen molar-refractivity contribution in [3.05, 3.63) is 12.1 Å². The molecule has 2 N–H and O–H groups in total. The molecule has 0 saturated carbocycles. The number of tetrazole rings is 1. The summed E-state index contributed by atoms with van der Waals surface area (Å²) in [5.41, 5.74) is -0.283. The lowest BCUT2D eigenvalue weighted by Crippen LogP contribution is -2.34.